The molecule has 0 spiro atoms. The van der Waals surface area contributed by atoms with E-state index in [0.29, 0.717) is 21.5 Å². The Hall–Kier alpha value is 0.230. The van der Waals surface area contributed by atoms with Gasteiger partial charge in [-0.25, -0.2) is 4.39 Å². The molecule has 2 rings (SSSR count). The van der Waals surface area contributed by atoms with Crippen molar-refractivity contribution in [3.8, 4) is 0 Å². The Morgan fingerprint density at radius 2 is 1.77 bits per heavy atom. The van der Waals surface area contributed by atoms with Crippen LogP contribution in [0.15, 0.2) is 12.1 Å². The SMILES string of the molecule is CC(C)C[C@H](c1c(F)ccc(Cl)c1Cl)N1CCNCC1.Cl.Cl. The molecule has 1 heterocycles. The van der Waals surface area contributed by atoms with Crippen LogP contribution >= 0.6 is 48.0 Å². The fraction of sp³-hybridized carbons (Fsp3) is 0.600. The minimum Gasteiger partial charge on any atom is -0.314 e. The minimum absolute atomic E-state index is 0. The summed E-state index contributed by atoms with van der Waals surface area (Å²) in [6, 6.07) is 2.93. The number of rotatable bonds is 4. The molecule has 7 heteroatoms. The molecule has 1 saturated heterocycles. The van der Waals surface area contributed by atoms with E-state index in [1.54, 1.807) is 0 Å². The zero-order valence-corrected chi connectivity index (χ0v) is 15.9. The van der Waals surface area contributed by atoms with Crippen LogP contribution in [-0.2, 0) is 0 Å². The number of nitrogens with zero attached hydrogens (tertiary/aromatic N) is 1. The van der Waals surface area contributed by atoms with Crippen LogP contribution in [0.5, 0.6) is 0 Å². The number of halogens is 5. The van der Waals surface area contributed by atoms with Gasteiger partial charge in [0.2, 0.25) is 0 Å². The van der Waals surface area contributed by atoms with Gasteiger partial charge >= 0.3 is 0 Å². The summed E-state index contributed by atoms with van der Waals surface area (Å²) in [6.45, 7) is 7.94. The largest absolute Gasteiger partial charge is 0.314 e. The summed E-state index contributed by atoms with van der Waals surface area (Å²) in [7, 11) is 0. The number of hydrogen-bond donors (Lipinski definition) is 1. The molecule has 1 aliphatic rings. The van der Waals surface area contributed by atoms with E-state index < -0.39 is 0 Å². The lowest BCUT2D eigenvalue weighted by Gasteiger charge is -2.36. The first-order valence-electron chi connectivity index (χ1n) is 7.09. The van der Waals surface area contributed by atoms with Crippen LogP contribution in [0.1, 0.15) is 31.9 Å². The van der Waals surface area contributed by atoms with E-state index in [2.05, 4.69) is 24.1 Å². The molecule has 1 aliphatic heterocycles. The molecule has 128 valence electrons. The van der Waals surface area contributed by atoms with Gasteiger partial charge in [0.25, 0.3) is 0 Å². The van der Waals surface area contributed by atoms with Crippen LogP contribution in [0.2, 0.25) is 10.0 Å². The molecule has 0 amide bonds. The summed E-state index contributed by atoms with van der Waals surface area (Å²) >= 11 is 12.4. The van der Waals surface area contributed by atoms with E-state index >= 15 is 0 Å². The third kappa shape index (κ3) is 5.40. The predicted octanol–water partition coefficient (Wildman–Crippen LogP) is 4.97. The van der Waals surface area contributed by atoms with Gasteiger partial charge in [-0.05, 0) is 24.5 Å². The van der Waals surface area contributed by atoms with E-state index in [4.69, 9.17) is 23.2 Å². The molecule has 0 radical (unpaired) electrons. The third-order valence-corrected chi connectivity index (χ3v) is 4.52. The second-order valence-corrected chi connectivity index (χ2v) is 6.47. The number of piperazine rings is 1. The summed E-state index contributed by atoms with van der Waals surface area (Å²) < 4.78 is 14.3. The van der Waals surface area contributed by atoms with Crippen LogP contribution in [-0.4, -0.2) is 31.1 Å². The van der Waals surface area contributed by atoms with E-state index in [1.807, 2.05) is 0 Å². The van der Waals surface area contributed by atoms with Crippen LogP contribution in [0.3, 0.4) is 0 Å². The number of hydrogen-bond acceptors (Lipinski definition) is 2. The summed E-state index contributed by atoms with van der Waals surface area (Å²) in [6.07, 6.45) is 0.872. The molecular formula is C15H23Cl4FN2. The average Bonchev–Trinajstić information content (AvgIpc) is 2.43. The van der Waals surface area contributed by atoms with Gasteiger partial charge in [0.15, 0.2) is 0 Å². The highest BCUT2D eigenvalue weighted by molar-refractivity contribution is 6.42. The molecule has 2 nitrogen and oxygen atoms in total. The summed E-state index contributed by atoms with van der Waals surface area (Å²) in [5.41, 5.74) is 0.551. The predicted molar refractivity (Wildman–Crippen MR) is 97.6 cm³/mol. The van der Waals surface area contributed by atoms with Gasteiger partial charge in [0.1, 0.15) is 5.82 Å². The maximum atomic E-state index is 14.3. The van der Waals surface area contributed by atoms with Crippen LogP contribution in [0.4, 0.5) is 4.39 Å². The first-order valence-corrected chi connectivity index (χ1v) is 7.84. The van der Waals surface area contributed by atoms with E-state index in [-0.39, 0.29) is 36.7 Å². The van der Waals surface area contributed by atoms with E-state index in [1.165, 1.54) is 12.1 Å². The summed E-state index contributed by atoms with van der Waals surface area (Å²) in [4.78, 5) is 2.30. The molecule has 0 aromatic heterocycles. The maximum absolute atomic E-state index is 14.3. The molecule has 1 N–H and O–H groups in total. The third-order valence-electron chi connectivity index (χ3n) is 3.70. The van der Waals surface area contributed by atoms with Crippen molar-refractivity contribution in [1.82, 2.24) is 10.2 Å². The van der Waals surface area contributed by atoms with Gasteiger partial charge in [-0.15, -0.1) is 24.8 Å². The van der Waals surface area contributed by atoms with Crippen LogP contribution < -0.4 is 5.32 Å². The van der Waals surface area contributed by atoms with Crippen LogP contribution in [0, 0.1) is 11.7 Å². The highest BCUT2D eigenvalue weighted by Crippen LogP contribution is 2.38. The van der Waals surface area contributed by atoms with Gasteiger partial charge in [-0.3, -0.25) is 4.90 Å². The fourth-order valence-electron chi connectivity index (χ4n) is 2.74. The van der Waals surface area contributed by atoms with E-state index in [9.17, 15) is 4.39 Å². The molecule has 1 fully saturated rings. The number of nitrogens with one attached hydrogen (secondary N) is 1. The summed E-state index contributed by atoms with van der Waals surface area (Å²) in [5, 5.41) is 4.10. The Labute approximate surface area is 154 Å². The molecule has 0 bridgehead atoms. The van der Waals surface area contributed by atoms with Crippen molar-refractivity contribution in [2.24, 2.45) is 5.92 Å². The van der Waals surface area contributed by atoms with Crippen molar-refractivity contribution in [1.29, 1.82) is 0 Å². The molecule has 0 saturated carbocycles. The highest BCUT2D eigenvalue weighted by atomic mass is 35.5. The standard InChI is InChI=1S/C15H21Cl2FN2.2ClH/c1-10(2)9-13(20-7-5-19-6-8-20)14-12(18)4-3-11(16)15(14)17;;/h3-4,10,13,19H,5-9H2,1-2H3;2*1H/t13-;;/m1../s1. The maximum Gasteiger partial charge on any atom is 0.129 e. The second-order valence-electron chi connectivity index (χ2n) is 5.69. The van der Waals surface area contributed by atoms with Crippen molar-refractivity contribution in [3.05, 3.63) is 33.6 Å². The minimum atomic E-state index is -0.261. The van der Waals surface area contributed by atoms with Gasteiger partial charge in [0.05, 0.1) is 10.0 Å². The van der Waals surface area contributed by atoms with Gasteiger partial charge < -0.3 is 5.32 Å². The van der Waals surface area contributed by atoms with Crippen LogP contribution in [0.25, 0.3) is 0 Å². The first kappa shape index (κ1) is 22.2. The zero-order chi connectivity index (χ0) is 14.7. The molecular weight excluding hydrogens is 369 g/mol. The van der Waals surface area contributed by atoms with Gasteiger partial charge in [-0.1, -0.05) is 37.0 Å². The lowest BCUT2D eigenvalue weighted by atomic mass is 9.94. The smallest absolute Gasteiger partial charge is 0.129 e. The molecule has 1 aromatic carbocycles. The number of benzene rings is 1. The topological polar surface area (TPSA) is 15.3 Å². The zero-order valence-electron chi connectivity index (χ0n) is 12.7. The molecule has 22 heavy (non-hydrogen) atoms. The Balaban J connectivity index is 0.00000220. The lowest BCUT2D eigenvalue weighted by Crippen LogP contribution is -2.45. The molecule has 0 aliphatic carbocycles. The van der Waals surface area contributed by atoms with Crippen molar-refractivity contribution in [2.45, 2.75) is 26.3 Å². The average molecular weight is 392 g/mol. The lowest BCUT2D eigenvalue weighted by molar-refractivity contribution is 0.151. The Kier molecular flexibility index (Phi) is 10.3. The van der Waals surface area contributed by atoms with Crippen molar-refractivity contribution in [2.75, 3.05) is 26.2 Å². The van der Waals surface area contributed by atoms with Gasteiger partial charge in [0, 0.05) is 37.8 Å². The first-order chi connectivity index (χ1) is 9.50. The van der Waals surface area contributed by atoms with Crippen molar-refractivity contribution >= 4 is 48.0 Å². The molecule has 1 atom stereocenters. The summed E-state index contributed by atoms with van der Waals surface area (Å²) in [5.74, 6) is 0.202. The van der Waals surface area contributed by atoms with Crippen molar-refractivity contribution in [3.63, 3.8) is 0 Å². The molecule has 0 unspecified atom stereocenters. The van der Waals surface area contributed by atoms with Gasteiger partial charge in [-0.2, -0.15) is 0 Å². The highest BCUT2D eigenvalue weighted by Gasteiger charge is 2.28. The molecule has 1 aromatic rings. The fourth-order valence-corrected chi connectivity index (χ4v) is 3.18. The Bertz CT molecular complexity index is 465. The Morgan fingerprint density at radius 1 is 1.18 bits per heavy atom. The second kappa shape index (κ2) is 10.2. The quantitative estimate of drug-likeness (QED) is 0.729. The Morgan fingerprint density at radius 3 is 2.32 bits per heavy atom. The monoisotopic (exact) mass is 390 g/mol. The van der Waals surface area contributed by atoms with Crippen molar-refractivity contribution < 1.29 is 4.39 Å². The van der Waals surface area contributed by atoms with E-state index in [0.717, 1.165) is 32.6 Å². The normalized spacial score (nSPS) is 16.8.